The second kappa shape index (κ2) is 5.37. The van der Waals surface area contributed by atoms with Crippen LogP contribution < -0.4 is 4.74 Å². The highest BCUT2D eigenvalue weighted by molar-refractivity contribution is 5.39. The number of rotatable bonds is 2. The van der Waals surface area contributed by atoms with Gasteiger partial charge >= 0.3 is 6.18 Å². The number of hydrogen-bond donors (Lipinski definition) is 0. The molecular formula is C15H13F3N2O. The number of ether oxygens (including phenoxy) is 1. The molecule has 110 valence electrons. The van der Waals surface area contributed by atoms with Crippen molar-refractivity contribution in [2.75, 3.05) is 6.73 Å². The zero-order chi connectivity index (χ0) is 14.9. The Morgan fingerprint density at radius 2 is 1.90 bits per heavy atom. The second-order valence-corrected chi connectivity index (χ2v) is 4.94. The van der Waals surface area contributed by atoms with Crippen LogP contribution in [0.1, 0.15) is 16.7 Å². The van der Waals surface area contributed by atoms with Crippen molar-refractivity contribution in [3.8, 4) is 5.75 Å². The Morgan fingerprint density at radius 3 is 2.62 bits per heavy atom. The summed E-state index contributed by atoms with van der Waals surface area (Å²) in [6.45, 7) is 1.40. The average molecular weight is 294 g/mol. The predicted octanol–water partition coefficient (Wildman–Crippen LogP) is 3.45. The lowest BCUT2D eigenvalue weighted by molar-refractivity contribution is -0.137. The number of pyridine rings is 1. The van der Waals surface area contributed by atoms with Gasteiger partial charge in [-0.3, -0.25) is 9.88 Å². The van der Waals surface area contributed by atoms with Crippen molar-refractivity contribution in [2.45, 2.75) is 19.3 Å². The average Bonchev–Trinajstić information content (AvgIpc) is 2.46. The minimum Gasteiger partial charge on any atom is -0.478 e. The third-order valence-corrected chi connectivity index (χ3v) is 3.34. The van der Waals surface area contributed by atoms with Crippen molar-refractivity contribution in [2.24, 2.45) is 0 Å². The lowest BCUT2D eigenvalue weighted by Crippen LogP contribution is -2.31. The SMILES string of the molecule is FC(F)(F)c1ccc2c(c1)CN(Cc1ccncc1)CO2. The van der Waals surface area contributed by atoms with E-state index < -0.39 is 11.7 Å². The Kier molecular flexibility index (Phi) is 3.55. The molecule has 3 rings (SSSR count). The first-order valence-corrected chi connectivity index (χ1v) is 6.46. The van der Waals surface area contributed by atoms with E-state index in [1.54, 1.807) is 12.4 Å². The van der Waals surface area contributed by atoms with Crippen LogP contribution in [0.25, 0.3) is 0 Å². The number of benzene rings is 1. The van der Waals surface area contributed by atoms with Crippen LogP contribution in [0.5, 0.6) is 5.75 Å². The zero-order valence-electron chi connectivity index (χ0n) is 11.1. The standard InChI is InChI=1S/C15H13F3N2O/c16-15(17,18)13-1-2-14-12(7-13)9-20(10-21-14)8-11-3-5-19-6-4-11/h1-7H,8-10H2. The topological polar surface area (TPSA) is 25.4 Å². The molecule has 1 aromatic heterocycles. The molecule has 0 bridgehead atoms. The number of halogens is 3. The first-order chi connectivity index (χ1) is 10.0. The highest BCUT2D eigenvalue weighted by Gasteiger charge is 2.32. The molecule has 0 radical (unpaired) electrons. The fourth-order valence-corrected chi connectivity index (χ4v) is 2.32. The molecule has 0 amide bonds. The maximum absolute atomic E-state index is 12.7. The molecule has 0 fully saturated rings. The minimum absolute atomic E-state index is 0.362. The van der Waals surface area contributed by atoms with E-state index in [4.69, 9.17) is 4.74 Å². The molecule has 0 saturated heterocycles. The van der Waals surface area contributed by atoms with Gasteiger partial charge in [-0.05, 0) is 35.9 Å². The summed E-state index contributed by atoms with van der Waals surface area (Å²) in [6, 6.07) is 7.36. The predicted molar refractivity (Wildman–Crippen MR) is 70.4 cm³/mol. The summed E-state index contributed by atoms with van der Waals surface area (Å²) >= 11 is 0. The largest absolute Gasteiger partial charge is 0.478 e. The van der Waals surface area contributed by atoms with Crippen LogP contribution in [0.4, 0.5) is 13.2 Å². The first kappa shape index (κ1) is 13.9. The van der Waals surface area contributed by atoms with Crippen molar-refractivity contribution < 1.29 is 17.9 Å². The van der Waals surface area contributed by atoms with Crippen LogP contribution in [0.15, 0.2) is 42.7 Å². The Labute approximate surface area is 120 Å². The van der Waals surface area contributed by atoms with Gasteiger partial charge in [-0.15, -0.1) is 0 Å². The van der Waals surface area contributed by atoms with E-state index in [1.807, 2.05) is 17.0 Å². The molecule has 1 aliphatic heterocycles. The smallest absolute Gasteiger partial charge is 0.416 e. The summed E-state index contributed by atoms with van der Waals surface area (Å²) in [5.74, 6) is 0.522. The third-order valence-electron chi connectivity index (χ3n) is 3.34. The lowest BCUT2D eigenvalue weighted by atomic mass is 10.1. The Bertz CT molecular complexity index is 629. The second-order valence-electron chi connectivity index (χ2n) is 4.94. The van der Waals surface area contributed by atoms with E-state index in [9.17, 15) is 13.2 Å². The van der Waals surface area contributed by atoms with E-state index in [1.165, 1.54) is 6.07 Å². The van der Waals surface area contributed by atoms with Crippen LogP contribution >= 0.6 is 0 Å². The van der Waals surface area contributed by atoms with Crippen LogP contribution in [0.3, 0.4) is 0 Å². The van der Waals surface area contributed by atoms with Crippen molar-refractivity contribution in [1.82, 2.24) is 9.88 Å². The van der Waals surface area contributed by atoms with E-state index in [0.717, 1.165) is 17.7 Å². The monoisotopic (exact) mass is 294 g/mol. The van der Waals surface area contributed by atoms with E-state index in [2.05, 4.69) is 4.98 Å². The van der Waals surface area contributed by atoms with Gasteiger partial charge in [0.2, 0.25) is 0 Å². The number of nitrogens with zero attached hydrogens (tertiary/aromatic N) is 2. The van der Waals surface area contributed by atoms with Crippen LogP contribution in [-0.4, -0.2) is 16.6 Å². The first-order valence-electron chi connectivity index (χ1n) is 6.46. The summed E-state index contributed by atoms with van der Waals surface area (Å²) in [6.07, 6.45) is -0.950. The normalized spacial score (nSPS) is 15.4. The molecule has 0 unspecified atom stereocenters. The molecule has 1 aromatic carbocycles. The number of fused-ring (bicyclic) bond motifs is 1. The van der Waals surface area contributed by atoms with Gasteiger partial charge in [-0.25, -0.2) is 0 Å². The van der Waals surface area contributed by atoms with E-state index in [0.29, 0.717) is 31.1 Å². The molecule has 6 heteroatoms. The van der Waals surface area contributed by atoms with Gasteiger partial charge in [0.25, 0.3) is 0 Å². The highest BCUT2D eigenvalue weighted by atomic mass is 19.4. The molecule has 1 aliphatic rings. The minimum atomic E-state index is -4.33. The highest BCUT2D eigenvalue weighted by Crippen LogP contribution is 2.34. The maximum Gasteiger partial charge on any atom is 0.416 e. The van der Waals surface area contributed by atoms with Gasteiger partial charge in [0, 0.05) is 31.0 Å². The fraction of sp³-hybridized carbons (Fsp3) is 0.267. The molecule has 0 aliphatic carbocycles. The molecule has 21 heavy (non-hydrogen) atoms. The van der Waals surface area contributed by atoms with Crippen molar-refractivity contribution >= 4 is 0 Å². The summed E-state index contributed by atoms with van der Waals surface area (Å²) in [4.78, 5) is 5.88. The molecule has 0 saturated carbocycles. The Morgan fingerprint density at radius 1 is 1.14 bits per heavy atom. The molecular weight excluding hydrogens is 281 g/mol. The van der Waals surface area contributed by atoms with Crippen LogP contribution in [0.2, 0.25) is 0 Å². The number of hydrogen-bond acceptors (Lipinski definition) is 3. The lowest BCUT2D eigenvalue weighted by Gasteiger charge is -2.29. The van der Waals surface area contributed by atoms with Gasteiger partial charge in [-0.2, -0.15) is 13.2 Å². The van der Waals surface area contributed by atoms with Gasteiger partial charge in [0.1, 0.15) is 12.5 Å². The molecule has 3 nitrogen and oxygen atoms in total. The maximum atomic E-state index is 12.7. The van der Waals surface area contributed by atoms with Crippen molar-refractivity contribution in [3.63, 3.8) is 0 Å². The molecule has 0 atom stereocenters. The Hall–Kier alpha value is -2.08. The third kappa shape index (κ3) is 3.16. The van der Waals surface area contributed by atoms with Crippen molar-refractivity contribution in [1.29, 1.82) is 0 Å². The zero-order valence-corrected chi connectivity index (χ0v) is 11.1. The summed E-state index contributed by atoms with van der Waals surface area (Å²) in [7, 11) is 0. The molecule has 2 aromatic rings. The number of aromatic nitrogens is 1. The summed E-state index contributed by atoms with van der Waals surface area (Å²) in [5.41, 5.74) is 0.963. The summed E-state index contributed by atoms with van der Waals surface area (Å²) < 4.78 is 43.7. The van der Waals surface area contributed by atoms with E-state index >= 15 is 0 Å². The van der Waals surface area contributed by atoms with E-state index in [-0.39, 0.29) is 0 Å². The summed E-state index contributed by atoms with van der Waals surface area (Å²) in [5, 5.41) is 0. The molecule has 2 heterocycles. The fourth-order valence-electron chi connectivity index (χ4n) is 2.32. The van der Waals surface area contributed by atoms with Crippen LogP contribution in [-0.2, 0) is 19.3 Å². The Balaban J connectivity index is 1.78. The number of alkyl halides is 3. The van der Waals surface area contributed by atoms with Crippen LogP contribution in [0, 0.1) is 0 Å². The quantitative estimate of drug-likeness (QED) is 0.848. The molecule has 0 spiro atoms. The van der Waals surface area contributed by atoms with Gasteiger partial charge in [0.15, 0.2) is 0 Å². The van der Waals surface area contributed by atoms with Gasteiger partial charge in [-0.1, -0.05) is 0 Å². The van der Waals surface area contributed by atoms with Gasteiger partial charge < -0.3 is 4.74 Å². The van der Waals surface area contributed by atoms with Crippen molar-refractivity contribution in [3.05, 3.63) is 59.4 Å². The molecule has 0 N–H and O–H groups in total. The van der Waals surface area contributed by atoms with Gasteiger partial charge in [0.05, 0.1) is 5.56 Å².